The second-order valence-electron chi connectivity index (χ2n) is 7.69. The van der Waals surface area contributed by atoms with Gasteiger partial charge >= 0.3 is 0 Å². The Labute approximate surface area is 166 Å². The number of aryl methyl sites for hydroxylation is 1. The maximum atomic E-state index is 5.62. The fourth-order valence-electron chi connectivity index (χ4n) is 4.84. The monoisotopic (exact) mass is 371 g/mol. The van der Waals surface area contributed by atoms with Crippen LogP contribution in [0, 0.1) is 0 Å². The minimum Gasteiger partial charge on any atom is -0.493 e. The molecule has 3 nitrogen and oxygen atoms in total. The Morgan fingerprint density at radius 3 is 2.32 bits per heavy atom. The Balaban J connectivity index is 1.66. The van der Waals surface area contributed by atoms with Gasteiger partial charge in [-0.2, -0.15) is 0 Å². The molecule has 142 valence electrons. The minimum atomic E-state index is 0.343. The lowest BCUT2D eigenvalue weighted by molar-refractivity contribution is 0.349. The molecule has 2 atom stereocenters. The number of ether oxygens (including phenoxy) is 2. The number of hydrogen-bond acceptors (Lipinski definition) is 3. The molecule has 1 aliphatic carbocycles. The summed E-state index contributed by atoms with van der Waals surface area (Å²) < 4.78 is 11.2. The number of methoxy groups -OCH3 is 2. The molecule has 3 heteroatoms. The topological polar surface area (TPSA) is 30.5 Å². The zero-order chi connectivity index (χ0) is 19.1. The van der Waals surface area contributed by atoms with E-state index >= 15 is 0 Å². The Hall–Kier alpha value is -2.78. The lowest BCUT2D eigenvalue weighted by Gasteiger charge is -2.40. The van der Waals surface area contributed by atoms with Crippen molar-refractivity contribution in [3.63, 3.8) is 0 Å². The molecule has 0 saturated carbocycles. The van der Waals surface area contributed by atoms with Crippen molar-refractivity contribution in [1.29, 1.82) is 0 Å². The molecule has 28 heavy (non-hydrogen) atoms. The Kier molecular flexibility index (Phi) is 4.33. The van der Waals surface area contributed by atoms with E-state index in [1.54, 1.807) is 14.2 Å². The lowest BCUT2D eigenvalue weighted by atomic mass is 9.72. The van der Waals surface area contributed by atoms with Crippen LogP contribution in [0.2, 0.25) is 0 Å². The second kappa shape index (κ2) is 6.99. The Morgan fingerprint density at radius 1 is 0.786 bits per heavy atom. The maximum absolute atomic E-state index is 5.62. The molecule has 2 aliphatic rings. The van der Waals surface area contributed by atoms with Gasteiger partial charge in [-0.05, 0) is 58.4 Å². The molecule has 5 rings (SSSR count). The van der Waals surface area contributed by atoms with Gasteiger partial charge < -0.3 is 14.8 Å². The van der Waals surface area contributed by atoms with E-state index in [0.29, 0.717) is 12.0 Å². The van der Waals surface area contributed by atoms with E-state index in [0.717, 1.165) is 30.9 Å². The fraction of sp³-hybridized carbons (Fsp3) is 0.280. The van der Waals surface area contributed by atoms with Crippen molar-refractivity contribution in [2.24, 2.45) is 0 Å². The Bertz CT molecular complexity index is 1010. The number of rotatable bonds is 3. The lowest BCUT2D eigenvalue weighted by Crippen LogP contribution is -2.42. The molecular formula is C25H25NO2. The standard InChI is InChI=1S/C25H25NO2/c1-27-23-13-18-10-11-22-25(21(18)14-24(23)28-2)20-12-17(8-9-19(20)15-26-22)16-6-4-3-5-7-16/h3-9,12-14,22,25-26H,10-11,15H2,1-2H3. The van der Waals surface area contributed by atoms with Gasteiger partial charge in [0.2, 0.25) is 0 Å². The highest BCUT2D eigenvalue weighted by molar-refractivity contribution is 5.66. The van der Waals surface area contributed by atoms with E-state index in [1.807, 2.05) is 0 Å². The van der Waals surface area contributed by atoms with Gasteiger partial charge in [-0.1, -0.05) is 48.5 Å². The van der Waals surface area contributed by atoms with Gasteiger partial charge in [0, 0.05) is 18.5 Å². The highest BCUT2D eigenvalue weighted by Gasteiger charge is 2.36. The van der Waals surface area contributed by atoms with E-state index in [-0.39, 0.29) is 0 Å². The van der Waals surface area contributed by atoms with Crippen LogP contribution >= 0.6 is 0 Å². The van der Waals surface area contributed by atoms with E-state index in [2.05, 4.69) is 66.0 Å². The van der Waals surface area contributed by atoms with Gasteiger partial charge in [0.25, 0.3) is 0 Å². The quantitative estimate of drug-likeness (QED) is 0.709. The fourth-order valence-corrected chi connectivity index (χ4v) is 4.84. The largest absolute Gasteiger partial charge is 0.493 e. The smallest absolute Gasteiger partial charge is 0.161 e. The summed E-state index contributed by atoms with van der Waals surface area (Å²) in [5.41, 5.74) is 8.13. The molecule has 3 aromatic rings. The molecule has 1 N–H and O–H groups in total. The number of hydrogen-bond donors (Lipinski definition) is 1. The van der Waals surface area contributed by atoms with Crippen LogP contribution in [0.1, 0.15) is 34.6 Å². The van der Waals surface area contributed by atoms with Crippen LogP contribution in [0.5, 0.6) is 11.5 Å². The van der Waals surface area contributed by atoms with Crippen LogP contribution in [-0.2, 0) is 13.0 Å². The summed E-state index contributed by atoms with van der Waals surface area (Å²) in [6, 6.07) is 22.4. The average molecular weight is 371 g/mol. The molecule has 0 aromatic heterocycles. The van der Waals surface area contributed by atoms with Crippen molar-refractivity contribution >= 4 is 0 Å². The molecule has 0 bridgehead atoms. The van der Waals surface area contributed by atoms with Gasteiger partial charge in [-0.15, -0.1) is 0 Å². The summed E-state index contributed by atoms with van der Waals surface area (Å²) in [5, 5.41) is 3.77. The first-order valence-corrected chi connectivity index (χ1v) is 9.95. The number of benzene rings is 3. The minimum absolute atomic E-state index is 0.343. The van der Waals surface area contributed by atoms with Crippen LogP contribution in [-0.4, -0.2) is 20.3 Å². The third-order valence-corrected chi connectivity index (χ3v) is 6.25. The normalized spacial score (nSPS) is 19.9. The van der Waals surface area contributed by atoms with Crippen molar-refractivity contribution in [2.45, 2.75) is 31.3 Å². The molecule has 3 aromatic carbocycles. The number of fused-ring (bicyclic) bond motifs is 5. The summed E-state index contributed by atoms with van der Waals surface area (Å²) in [4.78, 5) is 0. The zero-order valence-electron chi connectivity index (χ0n) is 16.4. The molecule has 0 amide bonds. The molecule has 0 fully saturated rings. The third-order valence-electron chi connectivity index (χ3n) is 6.25. The highest BCUT2D eigenvalue weighted by atomic mass is 16.5. The van der Waals surface area contributed by atoms with Gasteiger partial charge in [0.05, 0.1) is 14.2 Å². The van der Waals surface area contributed by atoms with Crippen molar-refractivity contribution in [3.8, 4) is 22.6 Å². The van der Waals surface area contributed by atoms with Crippen molar-refractivity contribution in [3.05, 3.63) is 82.9 Å². The van der Waals surface area contributed by atoms with Gasteiger partial charge in [0.1, 0.15) is 0 Å². The first-order chi connectivity index (χ1) is 13.8. The van der Waals surface area contributed by atoms with Crippen LogP contribution in [0.3, 0.4) is 0 Å². The van der Waals surface area contributed by atoms with Crippen LogP contribution < -0.4 is 14.8 Å². The van der Waals surface area contributed by atoms with E-state index < -0.39 is 0 Å². The predicted octanol–water partition coefficient (Wildman–Crippen LogP) is 4.92. The third kappa shape index (κ3) is 2.78. The predicted molar refractivity (Wildman–Crippen MR) is 112 cm³/mol. The second-order valence-corrected chi connectivity index (χ2v) is 7.69. The first kappa shape index (κ1) is 17.3. The van der Waals surface area contributed by atoms with Crippen molar-refractivity contribution in [2.75, 3.05) is 14.2 Å². The van der Waals surface area contributed by atoms with Gasteiger partial charge in [-0.25, -0.2) is 0 Å². The average Bonchev–Trinajstić information content (AvgIpc) is 2.77. The molecular weight excluding hydrogens is 346 g/mol. The SMILES string of the molecule is COc1cc2c(cc1OC)C1c3cc(-c4ccccc4)ccc3CNC1CC2. The summed E-state index contributed by atoms with van der Waals surface area (Å²) in [7, 11) is 3.42. The zero-order valence-corrected chi connectivity index (χ0v) is 16.4. The molecule has 1 aliphatic heterocycles. The van der Waals surface area contributed by atoms with E-state index in [9.17, 15) is 0 Å². The maximum Gasteiger partial charge on any atom is 0.161 e. The summed E-state index contributed by atoms with van der Waals surface area (Å²) in [6.45, 7) is 0.939. The van der Waals surface area contributed by atoms with Crippen LogP contribution in [0.15, 0.2) is 60.7 Å². The molecule has 0 radical (unpaired) electrons. The summed E-state index contributed by atoms with van der Waals surface area (Å²) in [6.07, 6.45) is 2.21. The van der Waals surface area contributed by atoms with Crippen molar-refractivity contribution < 1.29 is 9.47 Å². The molecule has 1 heterocycles. The first-order valence-electron chi connectivity index (χ1n) is 9.95. The van der Waals surface area contributed by atoms with E-state index in [4.69, 9.17) is 9.47 Å². The highest BCUT2D eigenvalue weighted by Crippen LogP contribution is 2.45. The Morgan fingerprint density at radius 2 is 1.54 bits per heavy atom. The number of nitrogens with one attached hydrogen (secondary N) is 1. The summed E-state index contributed by atoms with van der Waals surface area (Å²) >= 11 is 0. The van der Waals surface area contributed by atoms with Crippen LogP contribution in [0.25, 0.3) is 11.1 Å². The molecule has 0 saturated heterocycles. The van der Waals surface area contributed by atoms with Crippen molar-refractivity contribution in [1.82, 2.24) is 5.32 Å². The van der Waals surface area contributed by atoms with Gasteiger partial charge in [0.15, 0.2) is 11.5 Å². The summed E-state index contributed by atoms with van der Waals surface area (Å²) in [5.74, 6) is 1.98. The van der Waals surface area contributed by atoms with E-state index in [1.165, 1.54) is 33.4 Å². The van der Waals surface area contributed by atoms with Gasteiger partial charge in [-0.3, -0.25) is 0 Å². The molecule has 0 spiro atoms. The molecule has 2 unspecified atom stereocenters. The van der Waals surface area contributed by atoms with Crippen LogP contribution in [0.4, 0.5) is 0 Å².